The highest BCUT2D eigenvalue weighted by Gasteiger charge is 1.41. The predicted molar refractivity (Wildman–Crippen MR) is 64.1 cm³/mol. The van der Waals surface area contributed by atoms with Gasteiger partial charge in [0.2, 0.25) is 0 Å². The molecule has 0 aliphatic heterocycles. The molecule has 0 bridgehead atoms. The maximum Gasteiger partial charge on any atom is 0.0967 e. The van der Waals surface area contributed by atoms with Gasteiger partial charge in [-0.05, 0) is 6.92 Å². The SMILES string of the molecule is C=C.C=CC.C=CC=C.ClCCl. The van der Waals surface area contributed by atoms with Crippen LogP contribution >= 0.6 is 23.2 Å². The molecule has 0 rings (SSSR count). The molecule has 0 aromatic heterocycles. The fraction of sp³-hybridized carbons (Fsp3) is 0.200. The largest absolute Gasteiger partial charge is 0.109 e. The zero-order valence-electron chi connectivity index (χ0n) is 7.73. The van der Waals surface area contributed by atoms with Crippen molar-refractivity contribution in [3.05, 3.63) is 51.1 Å². The molecule has 0 amide bonds. The van der Waals surface area contributed by atoms with Crippen LogP contribution in [0.2, 0.25) is 0 Å². The smallest absolute Gasteiger partial charge is 0.0967 e. The van der Waals surface area contributed by atoms with Crippen molar-refractivity contribution >= 4 is 23.2 Å². The van der Waals surface area contributed by atoms with Gasteiger partial charge < -0.3 is 0 Å². The van der Waals surface area contributed by atoms with Gasteiger partial charge in [0.05, 0.1) is 5.34 Å². The summed E-state index contributed by atoms with van der Waals surface area (Å²) in [6, 6.07) is 0. The molecular weight excluding hydrogens is 191 g/mol. The standard InChI is InChI=1S/C4H6.C3H6.C2H4.CH2Cl2/c1-3-4-2;1-3-2;1-2;2-1-3/h3-4H,1-2H2;3H,1H2,2H3;1-2H2;1H2. The molecule has 0 aliphatic carbocycles. The van der Waals surface area contributed by atoms with E-state index in [-0.39, 0.29) is 5.34 Å². The van der Waals surface area contributed by atoms with Crippen LogP contribution in [0.15, 0.2) is 51.1 Å². The summed E-state index contributed by atoms with van der Waals surface area (Å²) in [5, 5.41) is 0.194. The van der Waals surface area contributed by atoms with Crippen molar-refractivity contribution in [1.82, 2.24) is 0 Å². The Morgan fingerprint density at radius 1 is 1.00 bits per heavy atom. The topological polar surface area (TPSA) is 0 Å². The summed E-state index contributed by atoms with van der Waals surface area (Å²) in [5.74, 6) is 0. The van der Waals surface area contributed by atoms with Crippen LogP contribution in [-0.2, 0) is 0 Å². The Bertz CT molecular complexity index is 71.9. The van der Waals surface area contributed by atoms with Crippen molar-refractivity contribution in [3.63, 3.8) is 0 Å². The van der Waals surface area contributed by atoms with Gasteiger partial charge in [-0.1, -0.05) is 31.4 Å². The number of alkyl halides is 2. The van der Waals surface area contributed by atoms with E-state index < -0.39 is 0 Å². The van der Waals surface area contributed by atoms with E-state index in [2.05, 4.69) is 32.9 Å². The molecule has 0 unspecified atom stereocenters. The van der Waals surface area contributed by atoms with Gasteiger partial charge in [0, 0.05) is 0 Å². The van der Waals surface area contributed by atoms with Gasteiger partial charge in [0.25, 0.3) is 0 Å². The van der Waals surface area contributed by atoms with Crippen LogP contribution in [0, 0.1) is 0 Å². The Balaban J connectivity index is -0.0000000368. The lowest BCUT2D eigenvalue weighted by atomic mass is 10.6. The fourth-order valence-corrected chi connectivity index (χ4v) is 0. The molecule has 0 heterocycles. The molecule has 0 saturated heterocycles. The summed E-state index contributed by atoms with van der Waals surface area (Å²) < 4.78 is 0. The van der Waals surface area contributed by atoms with Crippen molar-refractivity contribution in [2.75, 3.05) is 5.34 Å². The Hall–Kier alpha value is -0.460. The van der Waals surface area contributed by atoms with Gasteiger partial charge in [-0.25, -0.2) is 0 Å². The van der Waals surface area contributed by atoms with E-state index in [0.29, 0.717) is 0 Å². The summed E-state index contributed by atoms with van der Waals surface area (Å²) >= 11 is 9.53. The maximum atomic E-state index is 4.76. The number of hydrogen-bond donors (Lipinski definition) is 0. The molecule has 0 radical (unpaired) electrons. The molecule has 12 heavy (non-hydrogen) atoms. The molecule has 2 heteroatoms. The molecule has 0 aromatic rings. The highest BCUT2D eigenvalue weighted by Crippen LogP contribution is 1.73. The fourth-order valence-electron chi connectivity index (χ4n) is 0. The Morgan fingerprint density at radius 2 is 1.08 bits per heavy atom. The Morgan fingerprint density at radius 3 is 1.08 bits per heavy atom. The van der Waals surface area contributed by atoms with Crippen LogP contribution < -0.4 is 0 Å². The van der Waals surface area contributed by atoms with E-state index in [1.807, 2.05) is 6.92 Å². The third kappa shape index (κ3) is 2390. The Kier molecular flexibility index (Phi) is 144. The quantitative estimate of drug-likeness (QED) is 0.331. The molecule has 0 saturated carbocycles. The van der Waals surface area contributed by atoms with E-state index in [4.69, 9.17) is 23.2 Å². The minimum Gasteiger partial charge on any atom is -0.109 e. The number of halogens is 2. The number of hydrogen-bond acceptors (Lipinski definition) is 0. The summed E-state index contributed by atoms with van der Waals surface area (Å²) in [4.78, 5) is 0. The monoisotopic (exact) mass is 208 g/mol. The number of allylic oxidation sites excluding steroid dienone is 3. The van der Waals surface area contributed by atoms with Gasteiger partial charge in [-0.3, -0.25) is 0 Å². The van der Waals surface area contributed by atoms with Crippen LogP contribution in [0.5, 0.6) is 0 Å². The van der Waals surface area contributed by atoms with Crippen LogP contribution in [0.25, 0.3) is 0 Å². The minimum absolute atomic E-state index is 0.194. The first kappa shape index (κ1) is 22.5. The van der Waals surface area contributed by atoms with Crippen LogP contribution in [0.3, 0.4) is 0 Å². The molecule has 0 aliphatic rings. The van der Waals surface area contributed by atoms with E-state index >= 15 is 0 Å². The second-order valence-corrected chi connectivity index (χ2v) is 1.79. The highest BCUT2D eigenvalue weighted by molar-refractivity contribution is 6.40. The minimum atomic E-state index is 0.194. The van der Waals surface area contributed by atoms with Crippen molar-refractivity contribution in [2.45, 2.75) is 6.92 Å². The normalized spacial score (nSPS) is 4.58. The average molecular weight is 209 g/mol. The van der Waals surface area contributed by atoms with E-state index in [1.165, 1.54) is 0 Å². The zero-order chi connectivity index (χ0) is 10.8. The average Bonchev–Trinajstić information content (AvgIpc) is 2.10. The van der Waals surface area contributed by atoms with Crippen LogP contribution in [0.4, 0.5) is 0 Å². The van der Waals surface area contributed by atoms with Crippen molar-refractivity contribution < 1.29 is 0 Å². The summed E-state index contributed by atoms with van der Waals surface area (Å²) in [5.41, 5.74) is 0. The number of rotatable bonds is 1. The first-order chi connectivity index (χ1) is 5.74. The van der Waals surface area contributed by atoms with Crippen molar-refractivity contribution in [1.29, 1.82) is 0 Å². The van der Waals surface area contributed by atoms with E-state index in [9.17, 15) is 0 Å². The van der Waals surface area contributed by atoms with Crippen LogP contribution in [0.1, 0.15) is 6.92 Å². The predicted octanol–water partition coefficient (Wildman–Crippen LogP) is 4.77. The third-order valence-corrected chi connectivity index (χ3v) is 0.167. The van der Waals surface area contributed by atoms with Gasteiger partial charge in [-0.2, -0.15) is 0 Å². The first-order valence-corrected chi connectivity index (χ1v) is 4.24. The van der Waals surface area contributed by atoms with Gasteiger partial charge in [0.1, 0.15) is 0 Å². The summed E-state index contributed by atoms with van der Waals surface area (Å²) in [7, 11) is 0. The summed E-state index contributed by atoms with van der Waals surface area (Å²) in [6.45, 7) is 18.0. The Labute approximate surface area is 86.9 Å². The molecule has 0 fully saturated rings. The molecule has 0 spiro atoms. The molecule has 0 N–H and O–H groups in total. The first-order valence-electron chi connectivity index (χ1n) is 3.17. The molecule has 0 atom stereocenters. The second kappa shape index (κ2) is 76.5. The van der Waals surface area contributed by atoms with Crippen molar-refractivity contribution in [3.8, 4) is 0 Å². The summed E-state index contributed by atoms with van der Waals surface area (Å²) in [6.07, 6.45) is 5.03. The van der Waals surface area contributed by atoms with Crippen molar-refractivity contribution in [2.24, 2.45) is 0 Å². The highest BCUT2D eigenvalue weighted by atomic mass is 35.5. The van der Waals surface area contributed by atoms with E-state index in [1.54, 1.807) is 18.2 Å². The third-order valence-electron chi connectivity index (χ3n) is 0.167. The van der Waals surface area contributed by atoms with Gasteiger partial charge in [0.15, 0.2) is 0 Å². The lowest BCUT2D eigenvalue weighted by Gasteiger charge is -1.44. The molecular formula is C10H18Cl2. The van der Waals surface area contributed by atoms with Gasteiger partial charge in [-0.15, -0.1) is 42.9 Å². The van der Waals surface area contributed by atoms with Gasteiger partial charge >= 0.3 is 0 Å². The second-order valence-electron chi connectivity index (χ2n) is 0.981. The molecule has 0 nitrogen and oxygen atoms in total. The lowest BCUT2D eigenvalue weighted by Crippen LogP contribution is -1.24. The van der Waals surface area contributed by atoms with E-state index in [0.717, 1.165) is 0 Å². The zero-order valence-corrected chi connectivity index (χ0v) is 9.24. The molecule has 72 valence electrons. The molecule has 0 aromatic carbocycles. The maximum absolute atomic E-state index is 4.76. The lowest BCUT2D eigenvalue weighted by molar-refractivity contribution is 1.80. The van der Waals surface area contributed by atoms with Crippen LogP contribution in [-0.4, -0.2) is 5.34 Å².